The second-order valence-electron chi connectivity index (χ2n) is 4.39. The standard InChI is InChI=1S/C12H16ClFN2O/c1-8-7-17-9(2)6-16(8)12-11(14)10(5-13)3-4-15-12/h3-4,8-9H,5-7H2,1-2H3. The molecule has 5 heteroatoms. The average molecular weight is 259 g/mol. The number of alkyl halides is 1. The van der Waals surface area contributed by atoms with Crippen LogP contribution in [-0.4, -0.2) is 30.3 Å². The van der Waals surface area contributed by atoms with Gasteiger partial charge in [0, 0.05) is 18.3 Å². The molecule has 1 aliphatic rings. The number of ether oxygens (including phenoxy) is 1. The molecule has 2 unspecified atom stereocenters. The zero-order chi connectivity index (χ0) is 12.4. The Morgan fingerprint density at radius 1 is 1.59 bits per heavy atom. The molecule has 0 amide bonds. The first-order valence-corrected chi connectivity index (χ1v) is 6.24. The van der Waals surface area contributed by atoms with E-state index in [0.717, 1.165) is 0 Å². The molecule has 2 atom stereocenters. The van der Waals surface area contributed by atoms with Crippen LogP contribution < -0.4 is 4.90 Å². The van der Waals surface area contributed by atoms with E-state index in [1.807, 2.05) is 18.7 Å². The second kappa shape index (κ2) is 5.19. The summed E-state index contributed by atoms with van der Waals surface area (Å²) in [7, 11) is 0. The lowest BCUT2D eigenvalue weighted by Crippen LogP contribution is -2.48. The lowest BCUT2D eigenvalue weighted by molar-refractivity contribution is 0.0337. The summed E-state index contributed by atoms with van der Waals surface area (Å²) in [6.45, 7) is 5.22. The fourth-order valence-corrected chi connectivity index (χ4v) is 2.18. The predicted molar refractivity (Wildman–Crippen MR) is 66.0 cm³/mol. The molecule has 0 N–H and O–H groups in total. The number of rotatable bonds is 2. The van der Waals surface area contributed by atoms with Gasteiger partial charge in [-0.15, -0.1) is 11.6 Å². The molecule has 2 rings (SSSR count). The minimum absolute atomic E-state index is 0.0899. The third-order valence-corrected chi connectivity index (χ3v) is 3.26. The summed E-state index contributed by atoms with van der Waals surface area (Å²) < 4.78 is 19.6. The van der Waals surface area contributed by atoms with Crippen LogP contribution >= 0.6 is 11.6 Å². The third-order valence-electron chi connectivity index (χ3n) is 2.97. The molecule has 1 aromatic heterocycles. The van der Waals surface area contributed by atoms with E-state index in [-0.39, 0.29) is 23.8 Å². The minimum atomic E-state index is -0.316. The monoisotopic (exact) mass is 258 g/mol. The Morgan fingerprint density at radius 2 is 2.35 bits per heavy atom. The fourth-order valence-electron chi connectivity index (χ4n) is 1.97. The van der Waals surface area contributed by atoms with Crippen molar-refractivity contribution in [2.24, 2.45) is 0 Å². The molecule has 1 aliphatic heterocycles. The first-order valence-electron chi connectivity index (χ1n) is 5.71. The van der Waals surface area contributed by atoms with Crippen molar-refractivity contribution in [2.45, 2.75) is 31.9 Å². The summed E-state index contributed by atoms with van der Waals surface area (Å²) in [5, 5.41) is 0. The zero-order valence-corrected chi connectivity index (χ0v) is 10.7. The number of aromatic nitrogens is 1. The summed E-state index contributed by atoms with van der Waals surface area (Å²) in [5.41, 5.74) is 0.489. The van der Waals surface area contributed by atoms with E-state index in [9.17, 15) is 4.39 Å². The normalized spacial score (nSPS) is 25.1. The maximum Gasteiger partial charge on any atom is 0.170 e. The van der Waals surface area contributed by atoms with Crippen molar-refractivity contribution in [1.29, 1.82) is 0 Å². The quantitative estimate of drug-likeness (QED) is 0.763. The number of anilines is 1. The Kier molecular flexibility index (Phi) is 3.84. The molecule has 1 fully saturated rings. The van der Waals surface area contributed by atoms with Crippen LogP contribution in [0.3, 0.4) is 0 Å². The first-order chi connectivity index (χ1) is 8.13. The first kappa shape index (κ1) is 12.6. The van der Waals surface area contributed by atoms with E-state index in [2.05, 4.69) is 4.98 Å². The molecule has 2 heterocycles. The molecular formula is C12H16ClFN2O. The van der Waals surface area contributed by atoms with Crippen LogP contribution in [0.2, 0.25) is 0 Å². The number of morpholine rings is 1. The number of halogens is 2. The Bertz CT molecular complexity index is 402. The molecule has 3 nitrogen and oxygen atoms in total. The number of nitrogens with zero attached hydrogens (tertiary/aromatic N) is 2. The molecule has 0 aliphatic carbocycles. The van der Waals surface area contributed by atoms with E-state index >= 15 is 0 Å². The van der Waals surface area contributed by atoms with Crippen LogP contribution in [0.25, 0.3) is 0 Å². The Hall–Kier alpha value is -0.870. The van der Waals surface area contributed by atoms with Gasteiger partial charge in [0.2, 0.25) is 0 Å². The third kappa shape index (κ3) is 2.53. The van der Waals surface area contributed by atoms with E-state index < -0.39 is 0 Å². The Balaban J connectivity index is 2.32. The number of hydrogen-bond acceptors (Lipinski definition) is 3. The van der Waals surface area contributed by atoms with Gasteiger partial charge in [0.1, 0.15) is 0 Å². The highest BCUT2D eigenvalue weighted by Gasteiger charge is 2.27. The summed E-state index contributed by atoms with van der Waals surface area (Å²) in [6, 6.07) is 1.74. The highest BCUT2D eigenvalue weighted by atomic mass is 35.5. The van der Waals surface area contributed by atoms with Gasteiger partial charge >= 0.3 is 0 Å². The van der Waals surface area contributed by atoms with Crippen LogP contribution in [0, 0.1) is 5.82 Å². The summed E-state index contributed by atoms with van der Waals surface area (Å²) in [4.78, 5) is 6.08. The summed E-state index contributed by atoms with van der Waals surface area (Å²) in [5.74, 6) is 0.226. The molecular weight excluding hydrogens is 243 g/mol. The van der Waals surface area contributed by atoms with Crippen molar-refractivity contribution >= 4 is 17.4 Å². The van der Waals surface area contributed by atoms with Gasteiger partial charge in [-0.05, 0) is 19.9 Å². The molecule has 0 aromatic carbocycles. The second-order valence-corrected chi connectivity index (χ2v) is 4.65. The lowest BCUT2D eigenvalue weighted by Gasteiger charge is -2.37. The smallest absolute Gasteiger partial charge is 0.170 e. The van der Waals surface area contributed by atoms with Crippen molar-refractivity contribution < 1.29 is 9.13 Å². The van der Waals surface area contributed by atoms with Crippen molar-refractivity contribution in [2.75, 3.05) is 18.1 Å². The summed E-state index contributed by atoms with van der Waals surface area (Å²) in [6.07, 6.45) is 1.69. The van der Waals surface area contributed by atoms with Crippen molar-refractivity contribution in [3.05, 3.63) is 23.6 Å². The van der Waals surface area contributed by atoms with Gasteiger partial charge in [0.25, 0.3) is 0 Å². The van der Waals surface area contributed by atoms with Gasteiger partial charge < -0.3 is 9.64 Å². The van der Waals surface area contributed by atoms with Crippen LogP contribution in [0.1, 0.15) is 19.4 Å². The Labute approximate surface area is 106 Å². The van der Waals surface area contributed by atoms with Gasteiger partial charge in [-0.3, -0.25) is 0 Å². The van der Waals surface area contributed by atoms with E-state index in [4.69, 9.17) is 16.3 Å². The highest BCUT2D eigenvalue weighted by Crippen LogP contribution is 2.25. The molecule has 0 bridgehead atoms. The maximum atomic E-state index is 14.1. The van der Waals surface area contributed by atoms with Crippen LogP contribution in [-0.2, 0) is 10.6 Å². The molecule has 0 radical (unpaired) electrons. The predicted octanol–water partition coefficient (Wildman–Crippen LogP) is 2.57. The molecule has 1 saturated heterocycles. The zero-order valence-electron chi connectivity index (χ0n) is 9.99. The van der Waals surface area contributed by atoms with E-state index in [1.165, 1.54) is 0 Å². The molecule has 94 valence electrons. The summed E-state index contributed by atoms with van der Waals surface area (Å²) >= 11 is 5.70. The maximum absolute atomic E-state index is 14.1. The van der Waals surface area contributed by atoms with Crippen molar-refractivity contribution in [1.82, 2.24) is 4.98 Å². The molecule has 0 spiro atoms. The van der Waals surface area contributed by atoms with Crippen molar-refractivity contribution in [3.63, 3.8) is 0 Å². The SMILES string of the molecule is CC1CN(c2nccc(CCl)c2F)C(C)CO1. The van der Waals surface area contributed by atoms with Crippen LogP contribution in [0.4, 0.5) is 10.2 Å². The number of hydrogen-bond donors (Lipinski definition) is 0. The van der Waals surface area contributed by atoms with Gasteiger partial charge in [0.15, 0.2) is 11.6 Å². The van der Waals surface area contributed by atoms with Crippen molar-refractivity contribution in [3.8, 4) is 0 Å². The number of pyridine rings is 1. The van der Waals surface area contributed by atoms with Gasteiger partial charge in [-0.1, -0.05) is 0 Å². The van der Waals surface area contributed by atoms with E-state index in [1.54, 1.807) is 12.3 Å². The largest absolute Gasteiger partial charge is 0.375 e. The van der Waals surface area contributed by atoms with Crippen LogP contribution in [0.15, 0.2) is 12.3 Å². The van der Waals surface area contributed by atoms with Gasteiger partial charge in [-0.25, -0.2) is 9.37 Å². The molecule has 17 heavy (non-hydrogen) atoms. The highest BCUT2D eigenvalue weighted by molar-refractivity contribution is 6.17. The molecule has 0 saturated carbocycles. The van der Waals surface area contributed by atoms with Gasteiger partial charge in [0.05, 0.1) is 24.6 Å². The lowest BCUT2D eigenvalue weighted by atomic mass is 10.2. The van der Waals surface area contributed by atoms with Crippen LogP contribution in [0.5, 0.6) is 0 Å². The Morgan fingerprint density at radius 3 is 3.06 bits per heavy atom. The molecule has 1 aromatic rings. The minimum Gasteiger partial charge on any atom is -0.375 e. The average Bonchev–Trinajstić information content (AvgIpc) is 2.33. The fraction of sp³-hybridized carbons (Fsp3) is 0.583. The van der Waals surface area contributed by atoms with E-state index in [0.29, 0.717) is 24.5 Å². The van der Waals surface area contributed by atoms with Gasteiger partial charge in [-0.2, -0.15) is 0 Å². The topological polar surface area (TPSA) is 25.4 Å².